The normalized spacial score (nSPS) is 10.3. The Hall–Kier alpha value is -2.29. The molecule has 2 rings (SSSR count). The maximum Gasteiger partial charge on any atom is 0.255 e. The van der Waals surface area contributed by atoms with Crippen molar-refractivity contribution in [3.8, 4) is 5.75 Å². The van der Waals surface area contributed by atoms with Crippen molar-refractivity contribution in [2.75, 3.05) is 11.9 Å². The van der Waals surface area contributed by atoms with Crippen LogP contribution in [0.25, 0.3) is 0 Å². The molecule has 0 fully saturated rings. The highest BCUT2D eigenvalue weighted by Gasteiger charge is 2.10. The van der Waals surface area contributed by atoms with Crippen LogP contribution in [0.5, 0.6) is 5.75 Å². The maximum absolute atomic E-state index is 12.3. The number of hydrogen-bond acceptors (Lipinski definition) is 2. The van der Waals surface area contributed by atoms with E-state index < -0.39 is 0 Å². The zero-order valence-corrected chi connectivity index (χ0v) is 13.0. The molecule has 2 aromatic carbocycles. The van der Waals surface area contributed by atoms with Gasteiger partial charge in [-0.1, -0.05) is 12.1 Å². The molecule has 0 unspecified atom stereocenters. The van der Waals surface area contributed by atoms with Gasteiger partial charge in [0.25, 0.3) is 5.91 Å². The summed E-state index contributed by atoms with van der Waals surface area (Å²) in [4.78, 5) is 12.3. The molecule has 0 aliphatic rings. The minimum absolute atomic E-state index is 0.102. The van der Waals surface area contributed by atoms with Gasteiger partial charge in [0, 0.05) is 11.3 Å². The van der Waals surface area contributed by atoms with Gasteiger partial charge in [-0.2, -0.15) is 0 Å². The molecule has 0 spiro atoms. The smallest absolute Gasteiger partial charge is 0.255 e. The van der Waals surface area contributed by atoms with Gasteiger partial charge in [-0.3, -0.25) is 4.79 Å². The number of hydrogen-bond donors (Lipinski definition) is 1. The highest BCUT2D eigenvalue weighted by Crippen LogP contribution is 2.22. The Balaban J connectivity index is 2.21. The minimum atomic E-state index is -0.102. The predicted octanol–water partition coefficient (Wildman–Crippen LogP) is 4.26. The van der Waals surface area contributed by atoms with Crippen LogP contribution in [0.4, 0.5) is 5.69 Å². The SMILES string of the molecule is CCOc1ccc(C(=O)Nc2cccc(C)c2C)cc1C. The Labute approximate surface area is 126 Å². The number of rotatable bonds is 4. The molecule has 0 atom stereocenters. The summed E-state index contributed by atoms with van der Waals surface area (Å²) in [5.74, 6) is 0.718. The Kier molecular flexibility index (Phi) is 4.63. The average molecular weight is 283 g/mol. The molecule has 0 saturated heterocycles. The van der Waals surface area contributed by atoms with E-state index in [0.717, 1.165) is 28.1 Å². The third kappa shape index (κ3) is 3.43. The summed E-state index contributed by atoms with van der Waals surface area (Å²) in [6, 6.07) is 11.4. The monoisotopic (exact) mass is 283 g/mol. The van der Waals surface area contributed by atoms with Gasteiger partial charge in [0.05, 0.1) is 6.61 Å². The van der Waals surface area contributed by atoms with E-state index in [1.807, 2.05) is 58.0 Å². The lowest BCUT2D eigenvalue weighted by Crippen LogP contribution is -2.13. The Bertz CT molecular complexity index is 662. The summed E-state index contributed by atoms with van der Waals surface area (Å²) in [6.07, 6.45) is 0. The summed E-state index contributed by atoms with van der Waals surface area (Å²) < 4.78 is 5.49. The van der Waals surface area contributed by atoms with Crippen molar-refractivity contribution in [1.82, 2.24) is 0 Å². The van der Waals surface area contributed by atoms with E-state index in [2.05, 4.69) is 5.32 Å². The lowest BCUT2D eigenvalue weighted by molar-refractivity contribution is 0.102. The molecule has 2 aromatic rings. The standard InChI is InChI=1S/C18H21NO2/c1-5-21-17-10-9-15(11-13(17)3)18(20)19-16-8-6-7-12(2)14(16)4/h6-11H,5H2,1-4H3,(H,19,20). The topological polar surface area (TPSA) is 38.3 Å². The first-order valence-electron chi connectivity index (χ1n) is 7.14. The molecule has 3 heteroatoms. The first kappa shape index (κ1) is 15.1. The van der Waals surface area contributed by atoms with Crippen LogP contribution >= 0.6 is 0 Å². The molecular formula is C18H21NO2. The van der Waals surface area contributed by atoms with Crippen LogP contribution < -0.4 is 10.1 Å². The molecule has 3 nitrogen and oxygen atoms in total. The van der Waals surface area contributed by atoms with Crippen molar-refractivity contribution in [1.29, 1.82) is 0 Å². The van der Waals surface area contributed by atoms with Gasteiger partial charge >= 0.3 is 0 Å². The molecule has 0 aliphatic carbocycles. The van der Waals surface area contributed by atoms with E-state index in [-0.39, 0.29) is 5.91 Å². The van der Waals surface area contributed by atoms with Crippen LogP contribution in [0.1, 0.15) is 34.0 Å². The Morgan fingerprint density at radius 1 is 1.10 bits per heavy atom. The van der Waals surface area contributed by atoms with Crippen molar-refractivity contribution in [2.45, 2.75) is 27.7 Å². The second-order valence-electron chi connectivity index (χ2n) is 5.11. The van der Waals surface area contributed by atoms with Crippen LogP contribution in [0.3, 0.4) is 0 Å². The molecule has 0 radical (unpaired) electrons. The molecule has 1 amide bonds. The molecule has 110 valence electrons. The van der Waals surface area contributed by atoms with Gasteiger partial charge in [0.15, 0.2) is 0 Å². The lowest BCUT2D eigenvalue weighted by atomic mass is 10.1. The molecule has 0 aliphatic heterocycles. The number of carbonyl (C=O) groups is 1. The number of aryl methyl sites for hydroxylation is 2. The van der Waals surface area contributed by atoms with Crippen LogP contribution in [-0.4, -0.2) is 12.5 Å². The van der Waals surface area contributed by atoms with Crippen molar-refractivity contribution in [2.24, 2.45) is 0 Å². The molecule has 1 N–H and O–H groups in total. The molecule has 21 heavy (non-hydrogen) atoms. The zero-order valence-electron chi connectivity index (χ0n) is 13.0. The first-order valence-corrected chi connectivity index (χ1v) is 7.14. The van der Waals surface area contributed by atoms with Crippen LogP contribution in [0.2, 0.25) is 0 Å². The van der Waals surface area contributed by atoms with Gasteiger partial charge in [0.2, 0.25) is 0 Å². The van der Waals surface area contributed by atoms with Crippen LogP contribution in [-0.2, 0) is 0 Å². The van der Waals surface area contributed by atoms with Gasteiger partial charge in [0.1, 0.15) is 5.75 Å². The summed E-state index contributed by atoms with van der Waals surface area (Å²) >= 11 is 0. The van der Waals surface area contributed by atoms with Crippen molar-refractivity contribution < 1.29 is 9.53 Å². The summed E-state index contributed by atoms with van der Waals surface area (Å²) in [7, 11) is 0. The van der Waals surface area contributed by atoms with E-state index in [9.17, 15) is 4.79 Å². The summed E-state index contributed by atoms with van der Waals surface area (Å²) in [5.41, 5.74) is 4.71. The van der Waals surface area contributed by atoms with E-state index >= 15 is 0 Å². The number of ether oxygens (including phenoxy) is 1. The van der Waals surface area contributed by atoms with E-state index in [1.54, 1.807) is 6.07 Å². The number of nitrogens with one attached hydrogen (secondary N) is 1. The fourth-order valence-electron chi connectivity index (χ4n) is 2.19. The summed E-state index contributed by atoms with van der Waals surface area (Å²) in [5, 5.41) is 2.97. The highest BCUT2D eigenvalue weighted by atomic mass is 16.5. The van der Waals surface area contributed by atoms with E-state index in [1.165, 1.54) is 0 Å². The van der Waals surface area contributed by atoms with E-state index in [4.69, 9.17) is 4.74 Å². The van der Waals surface area contributed by atoms with Crippen LogP contribution in [0.15, 0.2) is 36.4 Å². The maximum atomic E-state index is 12.3. The first-order chi connectivity index (χ1) is 10.0. The minimum Gasteiger partial charge on any atom is -0.494 e. The Morgan fingerprint density at radius 3 is 2.52 bits per heavy atom. The van der Waals surface area contributed by atoms with Gasteiger partial charge in [-0.15, -0.1) is 0 Å². The van der Waals surface area contributed by atoms with E-state index in [0.29, 0.717) is 12.2 Å². The Morgan fingerprint density at radius 2 is 1.86 bits per heavy atom. The van der Waals surface area contributed by atoms with Gasteiger partial charge < -0.3 is 10.1 Å². The fraction of sp³-hybridized carbons (Fsp3) is 0.278. The fourth-order valence-corrected chi connectivity index (χ4v) is 2.19. The predicted molar refractivity (Wildman–Crippen MR) is 86.2 cm³/mol. The molecule has 0 saturated carbocycles. The van der Waals surface area contributed by atoms with Crippen molar-refractivity contribution in [3.05, 3.63) is 58.7 Å². The second-order valence-corrected chi connectivity index (χ2v) is 5.11. The average Bonchev–Trinajstić information content (AvgIpc) is 2.46. The van der Waals surface area contributed by atoms with Gasteiger partial charge in [-0.25, -0.2) is 0 Å². The van der Waals surface area contributed by atoms with Crippen molar-refractivity contribution >= 4 is 11.6 Å². The van der Waals surface area contributed by atoms with Crippen LogP contribution in [0, 0.1) is 20.8 Å². The summed E-state index contributed by atoms with van der Waals surface area (Å²) in [6.45, 7) is 8.55. The van der Waals surface area contributed by atoms with Gasteiger partial charge in [-0.05, 0) is 68.7 Å². The molecule has 0 aromatic heterocycles. The third-order valence-corrected chi connectivity index (χ3v) is 3.59. The molecule has 0 heterocycles. The largest absolute Gasteiger partial charge is 0.494 e. The highest BCUT2D eigenvalue weighted by molar-refractivity contribution is 6.04. The van der Waals surface area contributed by atoms with Crippen molar-refractivity contribution in [3.63, 3.8) is 0 Å². The molecule has 0 bridgehead atoms. The number of amides is 1. The third-order valence-electron chi connectivity index (χ3n) is 3.59. The number of anilines is 1. The second kappa shape index (κ2) is 6.44. The zero-order chi connectivity index (χ0) is 15.4. The molecular weight excluding hydrogens is 262 g/mol. The quantitative estimate of drug-likeness (QED) is 0.910. The number of carbonyl (C=O) groups excluding carboxylic acids is 1. The lowest BCUT2D eigenvalue weighted by Gasteiger charge is -2.12. The number of benzene rings is 2.